The molecule has 0 spiro atoms. The van der Waals surface area contributed by atoms with Crippen LogP contribution in [0.3, 0.4) is 0 Å². The Hall–Kier alpha value is -0.650. The Morgan fingerprint density at radius 3 is 2.00 bits per heavy atom. The highest BCUT2D eigenvalue weighted by Crippen LogP contribution is 2.42. The van der Waals surface area contributed by atoms with E-state index in [2.05, 4.69) is 16.5 Å². The minimum Gasteiger partial charge on any atom is -0.464 e. The highest BCUT2D eigenvalue weighted by atomic mass is 32.2. The van der Waals surface area contributed by atoms with Gasteiger partial charge >= 0.3 is 11.2 Å². The molecule has 0 fully saturated rings. The molecule has 6 heteroatoms. The fourth-order valence-corrected chi connectivity index (χ4v) is 0.650. The summed E-state index contributed by atoms with van der Waals surface area (Å²) in [6.45, 7) is 0. The predicted molar refractivity (Wildman–Crippen MR) is 39.9 cm³/mol. The van der Waals surface area contributed by atoms with E-state index in [1.54, 1.807) is 0 Å². The first-order valence-electron chi connectivity index (χ1n) is 2.38. The SMILES string of the molecule is C=S(=C)(F)C(F)(F)C(=O)OC. The second-order valence-corrected chi connectivity index (χ2v) is 3.89. The number of esters is 1. The van der Waals surface area contributed by atoms with Crippen molar-refractivity contribution >= 4 is 27.3 Å². The fraction of sp³-hybridized carbons (Fsp3) is 0.400. The van der Waals surface area contributed by atoms with Crippen molar-refractivity contribution in [2.45, 2.75) is 5.25 Å². The molecule has 0 radical (unpaired) electrons. The van der Waals surface area contributed by atoms with Crippen molar-refractivity contribution in [3.05, 3.63) is 0 Å². The standard InChI is InChI=1S/C5H7F3O2S/c1-10-4(9)5(6,7)11(2,3)8/h2-3H2,1H3. The van der Waals surface area contributed by atoms with E-state index < -0.39 is 20.8 Å². The number of ether oxygens (including phenoxy) is 1. The molecule has 0 amide bonds. The molecule has 0 aromatic heterocycles. The van der Waals surface area contributed by atoms with E-state index >= 15 is 0 Å². The summed E-state index contributed by atoms with van der Waals surface area (Å²) in [5.41, 5.74) is 0. The van der Waals surface area contributed by atoms with Crippen molar-refractivity contribution in [1.29, 1.82) is 0 Å². The highest BCUT2D eigenvalue weighted by Gasteiger charge is 2.45. The van der Waals surface area contributed by atoms with Crippen LogP contribution in [0.1, 0.15) is 0 Å². The molecule has 0 aromatic rings. The van der Waals surface area contributed by atoms with Gasteiger partial charge in [0, 0.05) is 9.59 Å². The molecule has 2 nitrogen and oxygen atoms in total. The second kappa shape index (κ2) is 2.77. The Morgan fingerprint density at radius 2 is 1.91 bits per heavy atom. The van der Waals surface area contributed by atoms with E-state index in [9.17, 15) is 17.5 Å². The molecule has 0 saturated carbocycles. The summed E-state index contributed by atoms with van der Waals surface area (Å²) in [5, 5.41) is -4.22. The van der Waals surface area contributed by atoms with Crippen molar-refractivity contribution in [3.63, 3.8) is 0 Å². The van der Waals surface area contributed by atoms with E-state index in [4.69, 9.17) is 0 Å². The lowest BCUT2D eigenvalue weighted by Crippen LogP contribution is -2.28. The number of hydrogen-bond acceptors (Lipinski definition) is 2. The number of alkyl halides is 2. The molecule has 0 aliphatic rings. The van der Waals surface area contributed by atoms with Crippen LogP contribution in [0.25, 0.3) is 0 Å². The van der Waals surface area contributed by atoms with Gasteiger partial charge in [-0.2, -0.15) is 12.7 Å². The summed E-state index contributed by atoms with van der Waals surface area (Å²) in [6.07, 6.45) is 0. The van der Waals surface area contributed by atoms with Gasteiger partial charge in [0.2, 0.25) is 0 Å². The molecule has 0 rings (SSSR count). The lowest BCUT2D eigenvalue weighted by Gasteiger charge is -2.15. The summed E-state index contributed by atoms with van der Waals surface area (Å²) >= 11 is 0. The maximum absolute atomic E-state index is 12.4. The molecular weight excluding hydrogens is 181 g/mol. The Bertz CT molecular complexity index is 255. The lowest BCUT2D eigenvalue weighted by atomic mass is 10.7. The van der Waals surface area contributed by atoms with Crippen LogP contribution in [-0.2, 0) is 9.53 Å². The van der Waals surface area contributed by atoms with Crippen LogP contribution in [0.15, 0.2) is 0 Å². The zero-order chi connectivity index (χ0) is 9.28. The van der Waals surface area contributed by atoms with E-state index in [1.165, 1.54) is 0 Å². The molecule has 0 N–H and O–H groups in total. The van der Waals surface area contributed by atoms with Crippen LogP contribution in [0.4, 0.5) is 12.7 Å². The average molecular weight is 188 g/mol. The second-order valence-electron chi connectivity index (χ2n) is 1.80. The summed E-state index contributed by atoms with van der Waals surface area (Å²) in [7, 11) is -3.48. The van der Waals surface area contributed by atoms with Gasteiger partial charge in [0.25, 0.3) is 0 Å². The van der Waals surface area contributed by atoms with E-state index in [0.717, 1.165) is 7.11 Å². The molecule has 0 aliphatic carbocycles. The number of methoxy groups -OCH3 is 1. The quantitative estimate of drug-likeness (QED) is 0.482. The molecule has 0 unspecified atom stereocenters. The molecule has 66 valence electrons. The minimum atomic E-state index is -4.22. The first-order chi connectivity index (χ1) is 4.73. The summed E-state index contributed by atoms with van der Waals surface area (Å²) in [5.74, 6) is 2.99. The van der Waals surface area contributed by atoms with Crippen LogP contribution in [-0.4, -0.2) is 30.1 Å². The molecule has 11 heavy (non-hydrogen) atoms. The first-order valence-corrected chi connectivity index (χ1v) is 4.25. The number of rotatable bonds is 2. The van der Waals surface area contributed by atoms with E-state index in [-0.39, 0.29) is 0 Å². The topological polar surface area (TPSA) is 26.3 Å². The lowest BCUT2D eigenvalue weighted by molar-refractivity contribution is -0.157. The van der Waals surface area contributed by atoms with Crippen molar-refractivity contribution < 1.29 is 22.2 Å². The average Bonchev–Trinajstić information content (AvgIpc) is 1.83. The smallest absolute Gasteiger partial charge is 0.403 e. The normalized spacial score (nSPS) is 12.7. The van der Waals surface area contributed by atoms with Crippen molar-refractivity contribution in [2.24, 2.45) is 0 Å². The van der Waals surface area contributed by atoms with Crippen LogP contribution in [0, 0.1) is 0 Å². The zero-order valence-electron chi connectivity index (χ0n) is 5.77. The largest absolute Gasteiger partial charge is 0.464 e. The monoisotopic (exact) mass is 188 g/mol. The highest BCUT2D eigenvalue weighted by molar-refractivity contribution is 8.24. The first kappa shape index (κ1) is 10.3. The van der Waals surface area contributed by atoms with Crippen LogP contribution >= 0.6 is 9.59 Å². The predicted octanol–water partition coefficient (Wildman–Crippen LogP) is 1.31. The summed E-state index contributed by atoms with van der Waals surface area (Å²) < 4.78 is 40.8. The third-order valence-electron chi connectivity index (χ3n) is 0.882. The van der Waals surface area contributed by atoms with Crippen molar-refractivity contribution in [1.82, 2.24) is 0 Å². The summed E-state index contributed by atoms with van der Waals surface area (Å²) in [4.78, 5) is 10.2. The van der Waals surface area contributed by atoms with Crippen LogP contribution < -0.4 is 0 Å². The van der Waals surface area contributed by atoms with Gasteiger partial charge < -0.3 is 4.74 Å². The number of carbonyl (C=O) groups excluding carboxylic acids is 1. The maximum Gasteiger partial charge on any atom is 0.403 e. The van der Waals surface area contributed by atoms with E-state index in [0.29, 0.717) is 0 Å². The Kier molecular flexibility index (Phi) is 2.60. The third-order valence-corrected chi connectivity index (χ3v) is 1.97. The molecule has 0 atom stereocenters. The molecule has 0 aromatic carbocycles. The number of carbonyl (C=O) groups is 1. The van der Waals surface area contributed by atoms with Gasteiger partial charge in [0.1, 0.15) is 0 Å². The van der Waals surface area contributed by atoms with Gasteiger partial charge in [0.05, 0.1) is 7.11 Å². The molecular formula is C5H7F3O2S. The van der Waals surface area contributed by atoms with E-state index in [1.807, 2.05) is 0 Å². The molecule has 0 aliphatic heterocycles. The van der Waals surface area contributed by atoms with Gasteiger partial charge in [-0.1, -0.05) is 0 Å². The van der Waals surface area contributed by atoms with Gasteiger partial charge in [-0.25, -0.2) is 4.79 Å². The Labute approximate surface area is 62.7 Å². The van der Waals surface area contributed by atoms with Gasteiger partial charge in [0.15, 0.2) is 0 Å². The van der Waals surface area contributed by atoms with Crippen molar-refractivity contribution in [3.8, 4) is 0 Å². The fourth-order valence-electron chi connectivity index (χ4n) is 0.268. The van der Waals surface area contributed by atoms with Crippen molar-refractivity contribution in [2.75, 3.05) is 7.11 Å². The van der Waals surface area contributed by atoms with Gasteiger partial charge in [-0.05, 0) is 11.7 Å². The summed E-state index contributed by atoms with van der Waals surface area (Å²) in [6, 6.07) is 0. The maximum atomic E-state index is 12.4. The minimum absolute atomic E-state index is 0.738. The number of halogens is 3. The van der Waals surface area contributed by atoms with Gasteiger partial charge in [-0.15, -0.1) is 0 Å². The molecule has 0 bridgehead atoms. The number of hydrogen-bond donors (Lipinski definition) is 0. The van der Waals surface area contributed by atoms with Crippen LogP contribution in [0.5, 0.6) is 0 Å². The zero-order valence-corrected chi connectivity index (χ0v) is 6.59. The third kappa shape index (κ3) is 1.89. The Morgan fingerprint density at radius 1 is 1.55 bits per heavy atom. The molecule has 0 heterocycles. The Balaban J connectivity index is 4.90. The van der Waals surface area contributed by atoms with Crippen LogP contribution in [0.2, 0.25) is 0 Å². The van der Waals surface area contributed by atoms with Gasteiger partial charge in [-0.3, -0.25) is 0 Å². The molecule has 0 saturated heterocycles.